The Morgan fingerprint density at radius 2 is 1.24 bits per heavy atom. The lowest BCUT2D eigenvalue weighted by Crippen LogP contribution is -3.09. The van der Waals surface area contributed by atoms with Gasteiger partial charge in [0.1, 0.15) is 0 Å². The number of nitrogens with zero attached hydrogens (tertiary/aromatic N) is 1. The summed E-state index contributed by atoms with van der Waals surface area (Å²) in [6, 6.07) is 0. The first-order valence-corrected chi connectivity index (χ1v) is 11.8. The van der Waals surface area contributed by atoms with E-state index in [0.717, 1.165) is 24.8 Å². The molecule has 0 aromatic carbocycles. The number of alkyl halides is 5. The highest BCUT2D eigenvalue weighted by atomic mass is 36.0. The highest BCUT2D eigenvalue weighted by Gasteiger charge is 1.95. The van der Waals surface area contributed by atoms with Crippen molar-refractivity contribution in [2.75, 3.05) is 65.2 Å². The van der Waals surface area contributed by atoms with Gasteiger partial charge >= 0.3 is 0 Å². The van der Waals surface area contributed by atoms with Gasteiger partial charge in [-0.2, -0.15) is 0 Å². The molecule has 0 unspecified atom stereocenters. The van der Waals surface area contributed by atoms with Gasteiger partial charge in [0.05, 0.1) is 45.1 Å². The average Bonchev–Trinajstić information content (AvgIpc) is 2.39. The first-order valence-electron chi connectivity index (χ1n) is 6.58. The van der Waals surface area contributed by atoms with E-state index in [9.17, 15) is 0 Å². The van der Waals surface area contributed by atoms with Gasteiger partial charge in [-0.3, -0.25) is 0 Å². The Kier molecular flexibility index (Phi) is 51.4. The van der Waals surface area contributed by atoms with Gasteiger partial charge in [-0.1, -0.05) is 34.8 Å². The maximum atomic E-state index is 9.09. The second-order valence-corrected chi connectivity index (χ2v) is 9.28. The minimum atomic E-state index is -1.67. The summed E-state index contributed by atoms with van der Waals surface area (Å²) in [5, 5.41) is 16.7. The molecule has 0 radical (unpaired) electrons. The van der Waals surface area contributed by atoms with E-state index in [2.05, 4.69) is 28.4 Å². The minimum absolute atomic E-state index is 0. The number of rotatable bonds is 8. The van der Waals surface area contributed by atoms with Gasteiger partial charge in [-0.15, -0.1) is 23.2 Å². The van der Waals surface area contributed by atoms with Crippen molar-refractivity contribution >= 4 is 88.6 Å². The molecule has 14 heteroatoms. The monoisotopic (exact) mass is 546 g/mol. The summed E-state index contributed by atoms with van der Waals surface area (Å²) in [4.78, 5) is 3.26. The van der Waals surface area contributed by atoms with Crippen molar-refractivity contribution in [2.45, 2.75) is 4.30 Å². The van der Waals surface area contributed by atoms with Crippen LogP contribution in [-0.2, 0) is 9.23 Å². The summed E-state index contributed by atoms with van der Waals surface area (Å²) in [5.74, 6) is 1.45. The molecule has 0 aliphatic carbocycles. The van der Waals surface area contributed by atoms with Gasteiger partial charge in [0.15, 0.2) is 4.30 Å². The van der Waals surface area contributed by atoms with Crippen molar-refractivity contribution in [3.8, 4) is 0 Å². The molecular formula is C11H26Cl8N2O3S. The highest BCUT2D eigenvalue weighted by Crippen LogP contribution is 2.03. The second-order valence-electron chi connectivity index (χ2n) is 4.02. The molecule has 0 aromatic heterocycles. The molecule has 0 heterocycles. The van der Waals surface area contributed by atoms with Crippen LogP contribution in [0.3, 0.4) is 0 Å². The van der Waals surface area contributed by atoms with Crippen LogP contribution in [-0.4, -0.2) is 88.9 Å². The van der Waals surface area contributed by atoms with Gasteiger partial charge in [0.2, 0.25) is 9.23 Å². The number of nitrogens with one attached hydrogen (secondary N) is 1. The minimum Gasteiger partial charge on any atom is -1.00 e. The van der Waals surface area contributed by atoms with E-state index in [-0.39, 0.29) is 25.6 Å². The lowest BCUT2D eigenvalue weighted by molar-refractivity contribution is -0.874. The van der Waals surface area contributed by atoms with Gasteiger partial charge in [-0.25, -0.2) is 4.21 Å². The fraction of sp³-hybridized carbons (Fsp3) is 1.00. The lowest BCUT2D eigenvalue weighted by atomic mass is 10.5. The molecule has 0 aliphatic heterocycles. The Labute approximate surface area is 193 Å². The lowest BCUT2D eigenvalue weighted by Gasteiger charge is -2.11. The third-order valence-electron chi connectivity index (χ3n) is 2.01. The fourth-order valence-electron chi connectivity index (χ4n) is 0.901. The van der Waals surface area contributed by atoms with Crippen LogP contribution < -0.4 is 17.3 Å². The van der Waals surface area contributed by atoms with E-state index < -0.39 is 13.5 Å². The van der Waals surface area contributed by atoms with Crippen molar-refractivity contribution in [3.63, 3.8) is 0 Å². The van der Waals surface area contributed by atoms with Gasteiger partial charge in [-0.05, 0) is 7.05 Å². The zero-order valence-corrected chi connectivity index (χ0v) is 20.8. The van der Waals surface area contributed by atoms with Crippen LogP contribution in [0, 0.1) is 0 Å². The predicted octanol–water partition coefficient (Wildman–Crippen LogP) is -1.09. The summed E-state index contributed by atoms with van der Waals surface area (Å²) in [7, 11) is 11.3. The van der Waals surface area contributed by atoms with Crippen molar-refractivity contribution in [2.24, 2.45) is 0 Å². The fourth-order valence-corrected chi connectivity index (χ4v) is 1.55. The highest BCUT2D eigenvalue weighted by molar-refractivity contribution is 8.26. The number of hydrogen-bond donors (Lipinski definition) is 3. The molecule has 0 saturated carbocycles. The molecule has 0 rings (SSSR count). The number of hydrogen-bond acceptors (Lipinski definition) is 4. The Hall–Kier alpha value is 2.31. The van der Waals surface area contributed by atoms with Crippen molar-refractivity contribution < 1.29 is 31.7 Å². The molecule has 0 amide bonds. The summed E-state index contributed by atoms with van der Waals surface area (Å²) < 4.78 is 8.34. The molecule has 3 N–H and O–H groups in total. The first kappa shape index (κ1) is 38.0. The molecule has 160 valence electrons. The van der Waals surface area contributed by atoms with Crippen LogP contribution in [0.4, 0.5) is 0 Å². The molecule has 0 aromatic rings. The maximum absolute atomic E-state index is 9.09. The third kappa shape index (κ3) is 75.9. The normalized spacial score (nSPS) is 9.56. The van der Waals surface area contributed by atoms with Crippen molar-refractivity contribution in [1.82, 2.24) is 4.90 Å². The SMILES string of the molecule is CN(CCO)CCO.C[NH+](CCCl)CCCl.ClC(Cl)Cl.O=S(Cl)Cl.[Cl-]. The maximum Gasteiger partial charge on any atom is 0.211 e. The van der Waals surface area contributed by atoms with Crippen molar-refractivity contribution in [3.05, 3.63) is 0 Å². The van der Waals surface area contributed by atoms with E-state index in [0.29, 0.717) is 13.1 Å². The third-order valence-corrected chi connectivity index (χ3v) is 2.38. The number of likely N-dealkylation sites (N-methyl/N-ethyl adjacent to an activating group) is 1. The Bertz CT molecular complexity index is 217. The van der Waals surface area contributed by atoms with Gasteiger partial charge in [0, 0.05) is 34.5 Å². The predicted molar refractivity (Wildman–Crippen MR) is 111 cm³/mol. The summed E-state index contributed by atoms with van der Waals surface area (Å²) >= 11 is 25.4. The molecule has 25 heavy (non-hydrogen) atoms. The van der Waals surface area contributed by atoms with Gasteiger partial charge < -0.3 is 32.4 Å². The summed E-state index contributed by atoms with van der Waals surface area (Å²) in [6.07, 6.45) is 0. The largest absolute Gasteiger partial charge is 1.00 e. The van der Waals surface area contributed by atoms with E-state index in [1.807, 2.05) is 11.9 Å². The average molecular weight is 550 g/mol. The second kappa shape index (κ2) is 33.9. The van der Waals surface area contributed by atoms with Crippen molar-refractivity contribution in [1.29, 1.82) is 0 Å². The quantitative estimate of drug-likeness (QED) is 0.266. The topological polar surface area (TPSA) is 65.2 Å². The van der Waals surface area contributed by atoms with E-state index in [1.54, 1.807) is 0 Å². The number of aliphatic hydroxyl groups is 2. The molecule has 0 atom stereocenters. The standard InChI is InChI=1S/C5H11Cl2N.C5H13NO2.CHCl3.Cl2OS.ClH/c1-8(4-2-6)5-3-7;1-6(2-4-7)3-5-8;2-1(3)4;1-4(2)3;/h2-5H2,1H3;7-8H,2-5H2,1H3;1H;;1H. The van der Waals surface area contributed by atoms with E-state index in [1.165, 1.54) is 4.90 Å². The Balaban J connectivity index is -0.0000000739. The number of aliphatic hydroxyl groups excluding tert-OH is 2. The Morgan fingerprint density at radius 3 is 1.40 bits per heavy atom. The summed E-state index contributed by atoms with van der Waals surface area (Å²) in [6.45, 7) is 3.62. The first-order chi connectivity index (χ1) is 11.1. The molecule has 5 nitrogen and oxygen atoms in total. The zero-order valence-electron chi connectivity index (χ0n) is 13.9. The molecule has 0 bridgehead atoms. The smallest absolute Gasteiger partial charge is 0.211 e. The van der Waals surface area contributed by atoms with E-state index in [4.69, 9.17) is 72.4 Å². The zero-order chi connectivity index (χ0) is 20.0. The summed E-state index contributed by atoms with van der Waals surface area (Å²) in [5.41, 5.74) is 0. The van der Waals surface area contributed by atoms with Crippen LogP contribution in [0.15, 0.2) is 0 Å². The number of quaternary nitrogens is 1. The molecule has 0 aliphatic rings. The molecule has 0 saturated heterocycles. The van der Waals surface area contributed by atoms with Crippen LogP contribution in [0.1, 0.15) is 0 Å². The van der Waals surface area contributed by atoms with Crippen LogP contribution in [0.5, 0.6) is 0 Å². The van der Waals surface area contributed by atoms with Crippen LogP contribution >= 0.6 is 79.4 Å². The van der Waals surface area contributed by atoms with Crippen LogP contribution in [0.2, 0.25) is 0 Å². The molecular weight excluding hydrogens is 524 g/mol. The van der Waals surface area contributed by atoms with E-state index >= 15 is 0 Å². The van der Waals surface area contributed by atoms with Gasteiger partial charge in [0.25, 0.3) is 0 Å². The van der Waals surface area contributed by atoms with Crippen LogP contribution in [0.25, 0.3) is 0 Å². The number of halogens is 8. The molecule has 0 fully saturated rings. The molecule has 0 spiro atoms. The Morgan fingerprint density at radius 1 is 1.00 bits per heavy atom.